The third kappa shape index (κ3) is 2.81. The molecule has 0 spiro atoms. The number of H-pyrrole nitrogens is 1. The fourth-order valence-electron chi connectivity index (χ4n) is 3.63. The Labute approximate surface area is 149 Å². The van der Waals surface area contributed by atoms with Crippen molar-refractivity contribution >= 4 is 15.9 Å². The van der Waals surface area contributed by atoms with Gasteiger partial charge in [-0.2, -0.15) is 0 Å². The lowest BCUT2D eigenvalue weighted by molar-refractivity contribution is 0.351. The van der Waals surface area contributed by atoms with Crippen LogP contribution in [0.3, 0.4) is 0 Å². The van der Waals surface area contributed by atoms with E-state index in [-0.39, 0.29) is 5.82 Å². The highest BCUT2D eigenvalue weighted by molar-refractivity contribution is 9.10. The molecule has 2 heterocycles. The van der Waals surface area contributed by atoms with Gasteiger partial charge >= 0.3 is 0 Å². The van der Waals surface area contributed by atoms with E-state index in [0.29, 0.717) is 6.04 Å². The Morgan fingerprint density at radius 2 is 1.79 bits per heavy atom. The fraction of sp³-hybridized carbons (Fsp3) is 0.316. The molecule has 2 aromatic heterocycles. The molecule has 0 aliphatic heterocycles. The molecule has 24 heavy (non-hydrogen) atoms. The average Bonchev–Trinajstić information content (AvgIpc) is 3.24. The number of hydrogen-bond acceptors (Lipinski definition) is 1. The van der Waals surface area contributed by atoms with E-state index >= 15 is 0 Å². The zero-order valence-corrected chi connectivity index (χ0v) is 14.9. The van der Waals surface area contributed by atoms with Gasteiger partial charge in [0.25, 0.3) is 0 Å². The first kappa shape index (κ1) is 15.6. The standard InChI is InChI=1S/C19H19BrFN3/c20-19-23-17(13-6-8-15(21)9-7-13)18(14-10-11-22-12-14)24(19)16-4-2-1-3-5-16/h6-12,16,22H,1-5H2. The number of aromatic nitrogens is 3. The van der Waals surface area contributed by atoms with Gasteiger partial charge < -0.3 is 9.55 Å². The lowest BCUT2D eigenvalue weighted by Gasteiger charge is -2.25. The summed E-state index contributed by atoms with van der Waals surface area (Å²) in [6, 6.07) is 9.10. The number of halogens is 2. The summed E-state index contributed by atoms with van der Waals surface area (Å²) < 4.78 is 16.5. The Hall–Kier alpha value is -1.88. The van der Waals surface area contributed by atoms with Gasteiger partial charge in [0.2, 0.25) is 0 Å². The maximum atomic E-state index is 13.3. The zero-order valence-electron chi connectivity index (χ0n) is 13.3. The molecule has 0 atom stereocenters. The maximum absolute atomic E-state index is 13.3. The highest BCUT2D eigenvalue weighted by Gasteiger charge is 2.25. The predicted octanol–water partition coefficient (Wildman–Crippen LogP) is 5.95. The number of hydrogen-bond donors (Lipinski definition) is 1. The van der Waals surface area contributed by atoms with Gasteiger partial charge in [-0.1, -0.05) is 19.3 Å². The Balaban J connectivity index is 1.89. The van der Waals surface area contributed by atoms with Crippen LogP contribution >= 0.6 is 15.9 Å². The first-order valence-corrected chi connectivity index (χ1v) is 9.20. The van der Waals surface area contributed by atoms with Crippen molar-refractivity contribution in [2.24, 2.45) is 0 Å². The number of imidazole rings is 1. The Morgan fingerprint density at radius 1 is 1.04 bits per heavy atom. The molecule has 0 saturated heterocycles. The first-order valence-electron chi connectivity index (χ1n) is 8.41. The van der Waals surface area contributed by atoms with Crippen molar-refractivity contribution in [1.82, 2.24) is 14.5 Å². The molecule has 0 amide bonds. The summed E-state index contributed by atoms with van der Waals surface area (Å²) in [6.45, 7) is 0. The van der Waals surface area contributed by atoms with Crippen LogP contribution in [0.15, 0.2) is 47.5 Å². The van der Waals surface area contributed by atoms with Gasteiger partial charge in [-0.05, 0) is 59.1 Å². The minimum atomic E-state index is -0.229. The van der Waals surface area contributed by atoms with Crippen LogP contribution in [0.4, 0.5) is 4.39 Å². The van der Waals surface area contributed by atoms with E-state index in [0.717, 1.165) is 27.2 Å². The summed E-state index contributed by atoms with van der Waals surface area (Å²) >= 11 is 3.67. The van der Waals surface area contributed by atoms with E-state index in [9.17, 15) is 4.39 Å². The molecule has 3 aromatic rings. The average molecular weight is 388 g/mol. The molecule has 0 radical (unpaired) electrons. The molecule has 4 rings (SSSR count). The van der Waals surface area contributed by atoms with Crippen molar-refractivity contribution in [1.29, 1.82) is 0 Å². The van der Waals surface area contributed by atoms with E-state index < -0.39 is 0 Å². The molecule has 0 bridgehead atoms. The molecule has 1 N–H and O–H groups in total. The quantitative estimate of drug-likeness (QED) is 0.591. The number of nitrogens with one attached hydrogen (secondary N) is 1. The van der Waals surface area contributed by atoms with Crippen LogP contribution in [0.1, 0.15) is 38.1 Å². The van der Waals surface area contributed by atoms with Gasteiger partial charge in [0.05, 0.1) is 11.4 Å². The molecule has 5 heteroatoms. The highest BCUT2D eigenvalue weighted by atomic mass is 79.9. The summed E-state index contributed by atoms with van der Waals surface area (Å²) in [7, 11) is 0. The maximum Gasteiger partial charge on any atom is 0.178 e. The molecule has 1 fully saturated rings. The minimum Gasteiger partial charge on any atom is -0.367 e. The van der Waals surface area contributed by atoms with E-state index in [1.54, 1.807) is 12.1 Å². The molecular weight excluding hydrogens is 369 g/mol. The van der Waals surface area contributed by atoms with Gasteiger partial charge in [0.15, 0.2) is 4.73 Å². The van der Waals surface area contributed by atoms with Crippen LogP contribution < -0.4 is 0 Å². The fourth-order valence-corrected chi connectivity index (χ4v) is 4.28. The molecule has 1 aliphatic carbocycles. The van der Waals surface area contributed by atoms with Gasteiger partial charge in [0.1, 0.15) is 5.82 Å². The summed E-state index contributed by atoms with van der Waals surface area (Å²) in [5.74, 6) is -0.229. The summed E-state index contributed by atoms with van der Waals surface area (Å²) in [5, 5.41) is 0. The number of benzene rings is 1. The van der Waals surface area contributed by atoms with Crippen molar-refractivity contribution in [2.75, 3.05) is 0 Å². The van der Waals surface area contributed by atoms with Crippen LogP contribution in [0, 0.1) is 5.82 Å². The topological polar surface area (TPSA) is 33.6 Å². The second kappa shape index (κ2) is 6.55. The second-order valence-corrected chi connectivity index (χ2v) is 7.06. The lowest BCUT2D eigenvalue weighted by Crippen LogP contribution is -2.14. The third-order valence-corrected chi connectivity index (χ3v) is 5.36. The number of rotatable bonds is 3. The SMILES string of the molecule is Fc1ccc(-c2nc(Br)n(C3CCCCC3)c2-c2cc[nH]c2)cc1. The summed E-state index contributed by atoms with van der Waals surface area (Å²) in [4.78, 5) is 7.92. The number of aromatic amines is 1. The van der Waals surface area contributed by atoms with E-state index in [2.05, 4.69) is 31.5 Å². The zero-order chi connectivity index (χ0) is 16.5. The molecule has 1 aliphatic rings. The van der Waals surface area contributed by atoms with Crippen molar-refractivity contribution in [2.45, 2.75) is 38.1 Å². The predicted molar refractivity (Wildman–Crippen MR) is 97.2 cm³/mol. The van der Waals surface area contributed by atoms with Crippen LogP contribution in [0.5, 0.6) is 0 Å². The lowest BCUT2D eigenvalue weighted by atomic mass is 9.94. The van der Waals surface area contributed by atoms with Gasteiger partial charge in [0, 0.05) is 29.6 Å². The Bertz CT molecular complexity index is 815. The number of nitrogens with zero attached hydrogens (tertiary/aromatic N) is 2. The van der Waals surface area contributed by atoms with E-state index in [1.165, 1.54) is 44.2 Å². The molecule has 3 nitrogen and oxygen atoms in total. The van der Waals surface area contributed by atoms with Crippen molar-refractivity contribution in [3.05, 3.63) is 53.3 Å². The van der Waals surface area contributed by atoms with Gasteiger partial charge in [-0.3, -0.25) is 0 Å². The van der Waals surface area contributed by atoms with Gasteiger partial charge in [-0.15, -0.1) is 0 Å². The molecular formula is C19H19BrFN3. The first-order chi connectivity index (χ1) is 11.7. The minimum absolute atomic E-state index is 0.229. The van der Waals surface area contributed by atoms with Crippen LogP contribution in [0.25, 0.3) is 22.5 Å². The third-order valence-electron chi connectivity index (χ3n) is 4.80. The second-order valence-electron chi connectivity index (χ2n) is 6.35. The Morgan fingerprint density at radius 3 is 2.46 bits per heavy atom. The van der Waals surface area contributed by atoms with Crippen molar-refractivity contribution in [3.8, 4) is 22.5 Å². The smallest absolute Gasteiger partial charge is 0.178 e. The molecule has 1 aromatic carbocycles. The van der Waals surface area contributed by atoms with Crippen molar-refractivity contribution in [3.63, 3.8) is 0 Å². The largest absolute Gasteiger partial charge is 0.367 e. The van der Waals surface area contributed by atoms with Crippen LogP contribution in [0.2, 0.25) is 0 Å². The normalized spacial score (nSPS) is 15.8. The summed E-state index contributed by atoms with van der Waals surface area (Å²) in [5.41, 5.74) is 4.04. The van der Waals surface area contributed by atoms with Gasteiger partial charge in [-0.25, -0.2) is 9.37 Å². The van der Waals surface area contributed by atoms with Crippen LogP contribution in [-0.2, 0) is 0 Å². The van der Waals surface area contributed by atoms with Crippen molar-refractivity contribution < 1.29 is 4.39 Å². The molecule has 1 saturated carbocycles. The van der Waals surface area contributed by atoms with E-state index in [4.69, 9.17) is 4.98 Å². The van der Waals surface area contributed by atoms with E-state index in [1.807, 2.05) is 12.4 Å². The highest BCUT2D eigenvalue weighted by Crippen LogP contribution is 2.40. The Kier molecular flexibility index (Phi) is 4.27. The monoisotopic (exact) mass is 387 g/mol. The summed E-state index contributed by atoms with van der Waals surface area (Å²) in [6.07, 6.45) is 10.1. The molecule has 124 valence electrons. The molecule has 0 unspecified atom stereocenters. The van der Waals surface area contributed by atoms with Crippen LogP contribution in [-0.4, -0.2) is 14.5 Å².